The molecule has 0 heterocycles. The van der Waals surface area contributed by atoms with Crippen molar-refractivity contribution < 1.29 is 9.53 Å². The highest BCUT2D eigenvalue weighted by molar-refractivity contribution is 6.70. The SMILES string of the molecule is CB(C)c1ccc(OC(C(=O)NCCN(C)C)c2ccccc2)cc1. The topological polar surface area (TPSA) is 41.6 Å². The summed E-state index contributed by atoms with van der Waals surface area (Å²) in [4.78, 5) is 14.7. The number of hydrogen-bond donors (Lipinski definition) is 1. The minimum absolute atomic E-state index is 0.124. The lowest BCUT2D eigenvalue weighted by Crippen LogP contribution is -2.36. The Balaban J connectivity index is 2.13. The summed E-state index contributed by atoms with van der Waals surface area (Å²) in [5, 5.41) is 2.96. The van der Waals surface area contributed by atoms with Crippen LogP contribution in [0.3, 0.4) is 0 Å². The van der Waals surface area contributed by atoms with E-state index in [1.54, 1.807) is 0 Å². The average molecular weight is 338 g/mol. The molecular formula is C20H27BN2O2. The number of benzene rings is 2. The Kier molecular flexibility index (Phi) is 7.08. The Morgan fingerprint density at radius 2 is 1.72 bits per heavy atom. The fraction of sp³-hybridized carbons (Fsp3) is 0.350. The molecule has 2 aromatic carbocycles. The predicted octanol–water partition coefficient (Wildman–Crippen LogP) is 2.45. The van der Waals surface area contributed by atoms with Gasteiger partial charge in [0.2, 0.25) is 6.10 Å². The molecule has 132 valence electrons. The van der Waals surface area contributed by atoms with Crippen molar-refractivity contribution in [2.24, 2.45) is 0 Å². The highest BCUT2D eigenvalue weighted by Gasteiger charge is 2.22. The molecule has 0 aliphatic rings. The van der Waals surface area contributed by atoms with E-state index in [2.05, 4.69) is 19.0 Å². The Morgan fingerprint density at radius 3 is 2.28 bits per heavy atom. The van der Waals surface area contributed by atoms with Gasteiger partial charge in [0.05, 0.1) is 0 Å². The summed E-state index contributed by atoms with van der Waals surface area (Å²) in [7, 11) is 3.96. The molecule has 2 aromatic rings. The Labute approximate surface area is 151 Å². The average Bonchev–Trinajstić information content (AvgIpc) is 2.60. The molecule has 2 rings (SSSR count). The first-order chi connectivity index (χ1) is 12.0. The van der Waals surface area contributed by atoms with Gasteiger partial charge in [0.15, 0.2) is 6.71 Å². The van der Waals surface area contributed by atoms with Gasteiger partial charge in [-0.3, -0.25) is 4.79 Å². The number of carbonyl (C=O) groups excluding carboxylic acids is 1. The summed E-state index contributed by atoms with van der Waals surface area (Å²) in [6, 6.07) is 17.6. The van der Waals surface area contributed by atoms with Crippen molar-refractivity contribution in [3.63, 3.8) is 0 Å². The smallest absolute Gasteiger partial charge is 0.265 e. The summed E-state index contributed by atoms with van der Waals surface area (Å²) in [5.74, 6) is 0.571. The second-order valence-electron chi connectivity index (χ2n) is 6.73. The maximum atomic E-state index is 12.7. The molecule has 0 saturated carbocycles. The summed E-state index contributed by atoms with van der Waals surface area (Å²) in [6.07, 6.45) is -0.659. The summed E-state index contributed by atoms with van der Waals surface area (Å²) >= 11 is 0. The molecule has 0 fully saturated rings. The molecule has 0 aliphatic heterocycles. The molecule has 0 bridgehead atoms. The number of amides is 1. The van der Waals surface area contributed by atoms with Crippen LogP contribution in [0.15, 0.2) is 54.6 Å². The molecule has 1 amide bonds. The number of rotatable bonds is 8. The second-order valence-corrected chi connectivity index (χ2v) is 6.73. The molecule has 1 N–H and O–H groups in total. The van der Waals surface area contributed by atoms with Gasteiger partial charge in [-0.2, -0.15) is 0 Å². The van der Waals surface area contributed by atoms with Crippen LogP contribution >= 0.6 is 0 Å². The van der Waals surface area contributed by atoms with E-state index in [1.165, 1.54) is 5.46 Å². The van der Waals surface area contributed by atoms with Crippen molar-refractivity contribution in [1.29, 1.82) is 0 Å². The van der Waals surface area contributed by atoms with Gasteiger partial charge < -0.3 is 15.0 Å². The van der Waals surface area contributed by atoms with E-state index < -0.39 is 6.10 Å². The highest BCUT2D eigenvalue weighted by Crippen LogP contribution is 2.21. The number of nitrogens with zero attached hydrogens (tertiary/aromatic N) is 1. The largest absolute Gasteiger partial charge is 0.476 e. The first-order valence-corrected chi connectivity index (χ1v) is 8.71. The van der Waals surface area contributed by atoms with E-state index in [0.717, 1.165) is 12.1 Å². The van der Waals surface area contributed by atoms with E-state index in [-0.39, 0.29) is 5.91 Å². The Morgan fingerprint density at radius 1 is 1.08 bits per heavy atom. The van der Waals surface area contributed by atoms with Crippen LogP contribution in [-0.2, 0) is 4.79 Å². The summed E-state index contributed by atoms with van der Waals surface area (Å²) in [5.41, 5.74) is 2.09. The molecule has 1 atom stereocenters. The van der Waals surface area contributed by atoms with Gasteiger partial charge in [0.25, 0.3) is 5.91 Å². The van der Waals surface area contributed by atoms with Gasteiger partial charge in [0.1, 0.15) is 5.75 Å². The predicted molar refractivity (Wildman–Crippen MR) is 105 cm³/mol. The van der Waals surface area contributed by atoms with Crippen molar-refractivity contribution >= 4 is 18.1 Å². The lowest BCUT2D eigenvalue weighted by molar-refractivity contribution is -0.128. The van der Waals surface area contributed by atoms with Crippen LogP contribution in [0.2, 0.25) is 13.6 Å². The maximum Gasteiger partial charge on any atom is 0.265 e. The van der Waals surface area contributed by atoms with Gasteiger partial charge in [0, 0.05) is 18.7 Å². The molecule has 0 radical (unpaired) electrons. The molecule has 5 heteroatoms. The maximum absolute atomic E-state index is 12.7. The lowest BCUT2D eigenvalue weighted by Gasteiger charge is -2.20. The third-order valence-corrected chi connectivity index (χ3v) is 4.00. The summed E-state index contributed by atoms with van der Waals surface area (Å²) < 4.78 is 6.03. The minimum atomic E-state index is -0.659. The fourth-order valence-electron chi connectivity index (χ4n) is 2.46. The quantitative estimate of drug-likeness (QED) is 0.752. The zero-order chi connectivity index (χ0) is 18.2. The minimum Gasteiger partial charge on any atom is -0.476 e. The van der Waals surface area contributed by atoms with Crippen LogP contribution in [0, 0.1) is 0 Å². The van der Waals surface area contributed by atoms with Gasteiger partial charge in [-0.15, -0.1) is 0 Å². The molecule has 0 aromatic heterocycles. The normalized spacial score (nSPS) is 11.9. The van der Waals surface area contributed by atoms with Crippen LogP contribution in [-0.4, -0.2) is 44.7 Å². The van der Waals surface area contributed by atoms with Crippen LogP contribution in [0.1, 0.15) is 11.7 Å². The number of carbonyl (C=O) groups is 1. The first kappa shape index (κ1) is 19.1. The Hall–Kier alpha value is -2.27. The van der Waals surface area contributed by atoms with Crippen LogP contribution in [0.4, 0.5) is 0 Å². The molecular weight excluding hydrogens is 311 g/mol. The van der Waals surface area contributed by atoms with Gasteiger partial charge in [-0.05, 0) is 26.2 Å². The second kappa shape index (κ2) is 9.28. The van der Waals surface area contributed by atoms with Gasteiger partial charge >= 0.3 is 0 Å². The molecule has 0 saturated heterocycles. The van der Waals surface area contributed by atoms with E-state index in [4.69, 9.17) is 4.74 Å². The monoisotopic (exact) mass is 338 g/mol. The first-order valence-electron chi connectivity index (χ1n) is 8.71. The molecule has 0 aliphatic carbocycles. The molecule has 25 heavy (non-hydrogen) atoms. The van der Waals surface area contributed by atoms with Crippen molar-refractivity contribution in [3.8, 4) is 5.75 Å². The van der Waals surface area contributed by atoms with Gasteiger partial charge in [-0.25, -0.2) is 0 Å². The Bertz CT molecular complexity index is 657. The lowest BCUT2D eigenvalue weighted by atomic mass is 9.49. The fourth-order valence-corrected chi connectivity index (χ4v) is 2.46. The zero-order valence-corrected chi connectivity index (χ0v) is 15.5. The van der Waals surface area contributed by atoms with Crippen molar-refractivity contribution in [3.05, 3.63) is 60.2 Å². The van der Waals surface area contributed by atoms with E-state index >= 15 is 0 Å². The van der Waals surface area contributed by atoms with Crippen LogP contribution < -0.4 is 15.5 Å². The van der Waals surface area contributed by atoms with E-state index in [1.807, 2.05) is 73.6 Å². The van der Waals surface area contributed by atoms with Crippen molar-refractivity contribution in [1.82, 2.24) is 10.2 Å². The third kappa shape index (κ3) is 5.94. The standard InChI is InChI=1S/C20H27BN2O2/c1-21(2)17-10-12-18(13-11-17)25-19(16-8-6-5-7-9-16)20(24)22-14-15-23(3)4/h5-13,19H,14-15H2,1-4H3,(H,22,24). The van der Waals surface area contributed by atoms with Crippen LogP contribution in [0.25, 0.3) is 0 Å². The molecule has 1 unspecified atom stereocenters. The van der Waals surface area contributed by atoms with Crippen molar-refractivity contribution in [2.75, 3.05) is 27.2 Å². The number of nitrogens with one attached hydrogen (secondary N) is 1. The molecule has 4 nitrogen and oxygen atoms in total. The van der Waals surface area contributed by atoms with E-state index in [9.17, 15) is 4.79 Å². The zero-order valence-electron chi connectivity index (χ0n) is 15.5. The number of hydrogen-bond acceptors (Lipinski definition) is 3. The third-order valence-electron chi connectivity index (χ3n) is 4.00. The molecule has 0 spiro atoms. The number of likely N-dealkylation sites (N-methyl/N-ethyl adjacent to an activating group) is 1. The van der Waals surface area contributed by atoms with E-state index in [0.29, 0.717) is 19.0 Å². The highest BCUT2D eigenvalue weighted by atomic mass is 16.5. The van der Waals surface area contributed by atoms with Gasteiger partial charge in [-0.1, -0.05) is 61.6 Å². The summed E-state index contributed by atoms with van der Waals surface area (Å²) in [6.45, 7) is 6.15. The van der Waals surface area contributed by atoms with Crippen molar-refractivity contribution in [2.45, 2.75) is 19.8 Å². The van der Waals surface area contributed by atoms with Crippen LogP contribution in [0.5, 0.6) is 5.75 Å². The number of ether oxygens (including phenoxy) is 1.